The normalized spacial score (nSPS) is 12.5. The van der Waals surface area contributed by atoms with E-state index in [1.807, 2.05) is 47.8 Å². The van der Waals surface area contributed by atoms with Gasteiger partial charge < -0.3 is 14.0 Å². The van der Waals surface area contributed by atoms with Gasteiger partial charge in [-0.1, -0.05) is 35.0 Å². The van der Waals surface area contributed by atoms with Crippen molar-refractivity contribution < 1.29 is 14.0 Å². The molecule has 5 rings (SSSR count). The molecule has 134 valence electrons. The Balaban J connectivity index is 1.36. The molecule has 0 spiro atoms. The number of aromatic nitrogens is 3. The lowest BCUT2D eigenvalue weighted by Gasteiger charge is -1.98. The summed E-state index contributed by atoms with van der Waals surface area (Å²) >= 11 is 7.78. The molecule has 1 aliphatic rings. The number of nitrogens with zero attached hydrogens (tertiary/aromatic N) is 3. The third kappa shape index (κ3) is 3.15. The molecule has 0 fully saturated rings. The molecule has 1 aliphatic heterocycles. The van der Waals surface area contributed by atoms with Gasteiger partial charge in [0.15, 0.2) is 11.5 Å². The van der Waals surface area contributed by atoms with E-state index in [9.17, 15) is 0 Å². The van der Waals surface area contributed by atoms with E-state index in [0.717, 1.165) is 27.6 Å². The lowest BCUT2D eigenvalue weighted by atomic mass is 10.2. The third-order valence-electron chi connectivity index (χ3n) is 4.10. The summed E-state index contributed by atoms with van der Waals surface area (Å²) in [6, 6.07) is 13.2. The van der Waals surface area contributed by atoms with Crippen molar-refractivity contribution in [2.24, 2.45) is 0 Å². The summed E-state index contributed by atoms with van der Waals surface area (Å²) in [7, 11) is 0. The van der Waals surface area contributed by atoms with Crippen LogP contribution in [0.15, 0.2) is 52.4 Å². The quantitative estimate of drug-likeness (QED) is 0.491. The Labute approximate surface area is 163 Å². The van der Waals surface area contributed by atoms with Crippen LogP contribution in [0.1, 0.15) is 10.9 Å². The van der Waals surface area contributed by atoms with Crippen molar-refractivity contribution in [3.05, 3.63) is 63.8 Å². The van der Waals surface area contributed by atoms with Crippen LogP contribution in [-0.2, 0) is 6.42 Å². The molecule has 4 aromatic rings. The number of hydrogen-bond acceptors (Lipinski definition) is 7. The molecule has 8 heteroatoms. The van der Waals surface area contributed by atoms with E-state index >= 15 is 0 Å². The van der Waals surface area contributed by atoms with Gasteiger partial charge in [-0.3, -0.25) is 0 Å². The Bertz CT molecular complexity index is 1120. The molecular formula is C19H12ClN3O3S. The summed E-state index contributed by atoms with van der Waals surface area (Å²) in [5.41, 5.74) is 2.56. The topological polar surface area (TPSA) is 70.3 Å². The third-order valence-corrected chi connectivity index (χ3v) is 5.28. The van der Waals surface area contributed by atoms with Gasteiger partial charge in [0.2, 0.25) is 18.5 Å². The highest BCUT2D eigenvalue weighted by atomic mass is 35.5. The fourth-order valence-electron chi connectivity index (χ4n) is 2.79. The molecule has 0 atom stereocenters. The number of hydrogen-bond donors (Lipinski definition) is 0. The van der Waals surface area contributed by atoms with Crippen molar-refractivity contribution in [1.29, 1.82) is 0 Å². The Morgan fingerprint density at radius 2 is 1.93 bits per heavy atom. The highest BCUT2D eigenvalue weighted by Gasteiger charge is 2.17. The number of rotatable bonds is 4. The van der Waals surface area contributed by atoms with Gasteiger partial charge in [-0.2, -0.15) is 4.98 Å². The zero-order chi connectivity index (χ0) is 18.2. The number of thiazole rings is 1. The molecule has 2 aromatic carbocycles. The highest BCUT2D eigenvalue weighted by Crippen LogP contribution is 2.35. The van der Waals surface area contributed by atoms with Gasteiger partial charge in [0, 0.05) is 21.5 Å². The molecule has 3 heterocycles. The molecule has 0 saturated heterocycles. The summed E-state index contributed by atoms with van der Waals surface area (Å²) < 4.78 is 16.1. The van der Waals surface area contributed by atoms with E-state index in [2.05, 4.69) is 15.1 Å². The molecule has 2 aromatic heterocycles. The lowest BCUT2D eigenvalue weighted by molar-refractivity contribution is 0.174. The summed E-state index contributed by atoms with van der Waals surface area (Å²) in [6.07, 6.45) is 0.465. The monoisotopic (exact) mass is 397 g/mol. The zero-order valence-electron chi connectivity index (χ0n) is 13.9. The fourth-order valence-corrected chi connectivity index (χ4v) is 3.81. The van der Waals surface area contributed by atoms with Gasteiger partial charge >= 0.3 is 0 Å². The summed E-state index contributed by atoms with van der Waals surface area (Å²) in [5.74, 6) is 2.41. The largest absolute Gasteiger partial charge is 0.454 e. The van der Waals surface area contributed by atoms with Crippen molar-refractivity contribution in [3.8, 4) is 34.1 Å². The predicted octanol–water partition coefficient (Wildman–Crippen LogP) is 4.83. The van der Waals surface area contributed by atoms with Crippen LogP contribution in [0, 0.1) is 0 Å². The lowest BCUT2D eigenvalue weighted by Crippen LogP contribution is -1.92. The minimum Gasteiger partial charge on any atom is -0.454 e. The van der Waals surface area contributed by atoms with Crippen LogP contribution in [0.2, 0.25) is 5.02 Å². The first kappa shape index (κ1) is 16.3. The molecular weight excluding hydrogens is 386 g/mol. The van der Waals surface area contributed by atoms with Crippen LogP contribution in [-0.4, -0.2) is 21.9 Å². The Morgan fingerprint density at radius 3 is 2.85 bits per heavy atom. The van der Waals surface area contributed by atoms with E-state index in [0.29, 0.717) is 28.9 Å². The minimum absolute atomic E-state index is 0.230. The number of benzene rings is 2. The maximum Gasteiger partial charge on any atom is 0.233 e. The number of halogens is 1. The SMILES string of the molecule is Clc1ccccc1-c1csc(Cc2nc(-c3ccc4c(c3)OCO4)no2)n1. The summed E-state index contributed by atoms with van der Waals surface area (Å²) in [6.45, 7) is 0.230. The van der Waals surface area contributed by atoms with Crippen molar-refractivity contribution in [2.75, 3.05) is 6.79 Å². The van der Waals surface area contributed by atoms with Crippen LogP contribution < -0.4 is 9.47 Å². The van der Waals surface area contributed by atoms with Gasteiger partial charge in [-0.15, -0.1) is 11.3 Å². The Hall–Kier alpha value is -2.90. The van der Waals surface area contributed by atoms with E-state index in [4.69, 9.17) is 25.6 Å². The maximum atomic E-state index is 6.24. The zero-order valence-corrected chi connectivity index (χ0v) is 15.5. The smallest absolute Gasteiger partial charge is 0.233 e. The average molecular weight is 398 g/mol. The molecule has 0 N–H and O–H groups in total. The standard InChI is InChI=1S/C19H12ClN3O3S/c20-13-4-2-1-3-12(13)14-9-27-18(21-14)8-17-22-19(23-26-17)11-5-6-15-16(7-11)25-10-24-15/h1-7,9H,8,10H2. The molecule has 0 aliphatic carbocycles. The van der Waals surface area contributed by atoms with E-state index < -0.39 is 0 Å². The van der Waals surface area contributed by atoms with Crippen LogP contribution in [0.3, 0.4) is 0 Å². The first-order valence-electron chi connectivity index (χ1n) is 8.18. The van der Waals surface area contributed by atoms with Crippen LogP contribution >= 0.6 is 22.9 Å². The van der Waals surface area contributed by atoms with Gasteiger partial charge in [0.05, 0.1) is 12.1 Å². The molecule has 0 amide bonds. The summed E-state index contributed by atoms with van der Waals surface area (Å²) in [4.78, 5) is 9.10. The van der Waals surface area contributed by atoms with Crippen molar-refractivity contribution in [3.63, 3.8) is 0 Å². The average Bonchev–Trinajstić information content (AvgIpc) is 3.42. The molecule has 0 bridgehead atoms. The van der Waals surface area contributed by atoms with E-state index in [1.54, 1.807) is 0 Å². The van der Waals surface area contributed by atoms with Crippen LogP contribution in [0.4, 0.5) is 0 Å². The second-order valence-corrected chi connectivity index (χ2v) is 7.21. The van der Waals surface area contributed by atoms with Gasteiger partial charge in [-0.05, 0) is 24.3 Å². The van der Waals surface area contributed by atoms with Crippen molar-refractivity contribution in [1.82, 2.24) is 15.1 Å². The fraction of sp³-hybridized carbons (Fsp3) is 0.105. The number of fused-ring (bicyclic) bond motifs is 1. The first-order chi connectivity index (χ1) is 13.3. The van der Waals surface area contributed by atoms with Gasteiger partial charge in [0.25, 0.3) is 0 Å². The summed E-state index contributed by atoms with van der Waals surface area (Å²) in [5, 5.41) is 7.60. The van der Waals surface area contributed by atoms with Gasteiger partial charge in [0.1, 0.15) is 5.01 Å². The molecule has 27 heavy (non-hydrogen) atoms. The van der Waals surface area contributed by atoms with Crippen LogP contribution in [0.25, 0.3) is 22.6 Å². The first-order valence-corrected chi connectivity index (χ1v) is 9.44. The Morgan fingerprint density at radius 1 is 1.04 bits per heavy atom. The van der Waals surface area contributed by atoms with Crippen molar-refractivity contribution in [2.45, 2.75) is 6.42 Å². The van der Waals surface area contributed by atoms with E-state index in [-0.39, 0.29) is 6.79 Å². The highest BCUT2D eigenvalue weighted by molar-refractivity contribution is 7.10. The molecule has 0 radical (unpaired) electrons. The molecule has 0 saturated carbocycles. The van der Waals surface area contributed by atoms with Gasteiger partial charge in [-0.25, -0.2) is 4.98 Å². The van der Waals surface area contributed by atoms with E-state index in [1.165, 1.54) is 11.3 Å². The number of ether oxygens (including phenoxy) is 2. The van der Waals surface area contributed by atoms with Crippen LogP contribution in [0.5, 0.6) is 11.5 Å². The Kier molecular flexibility index (Phi) is 4.03. The molecule has 6 nitrogen and oxygen atoms in total. The minimum atomic E-state index is 0.230. The predicted molar refractivity (Wildman–Crippen MR) is 101 cm³/mol. The van der Waals surface area contributed by atoms with Crippen molar-refractivity contribution >= 4 is 22.9 Å². The molecule has 0 unspecified atom stereocenters. The second kappa shape index (κ2) is 6.68. The second-order valence-electron chi connectivity index (χ2n) is 5.86. The maximum absolute atomic E-state index is 6.24.